The van der Waals surface area contributed by atoms with Crippen molar-refractivity contribution in [3.8, 4) is 0 Å². The molecule has 1 N–H and O–H groups in total. The first-order valence-electron chi connectivity index (χ1n) is 9.31. The van der Waals surface area contributed by atoms with E-state index < -0.39 is 6.04 Å². The molecule has 3 aromatic rings. The molecule has 1 saturated heterocycles. The topological polar surface area (TPSA) is 54.3 Å². The van der Waals surface area contributed by atoms with E-state index >= 15 is 0 Å². The molecule has 1 aliphatic heterocycles. The Morgan fingerprint density at radius 2 is 1.96 bits per heavy atom. The number of aromatic nitrogens is 1. The molecule has 1 atom stereocenters. The summed E-state index contributed by atoms with van der Waals surface area (Å²) < 4.78 is 2.00. The van der Waals surface area contributed by atoms with E-state index in [-0.39, 0.29) is 11.8 Å². The maximum absolute atomic E-state index is 13.3. The highest BCUT2D eigenvalue weighted by atomic mass is 16.2. The van der Waals surface area contributed by atoms with Crippen molar-refractivity contribution in [2.75, 3.05) is 13.1 Å². The fraction of sp³-hybridized carbons (Fsp3) is 0.273. The second-order valence-corrected chi connectivity index (χ2v) is 7.05. The number of nitrogens with zero attached hydrogens (tertiary/aromatic N) is 2. The van der Waals surface area contributed by atoms with Crippen LogP contribution < -0.4 is 5.32 Å². The first-order chi connectivity index (χ1) is 13.1. The molecule has 0 spiro atoms. The average molecular weight is 361 g/mol. The van der Waals surface area contributed by atoms with Gasteiger partial charge in [0.25, 0.3) is 5.91 Å². The summed E-state index contributed by atoms with van der Waals surface area (Å²) in [5.74, 6) is -0.166. The Labute approximate surface area is 158 Å². The number of amides is 2. The number of carbonyl (C=O) groups excluding carboxylic acids is 2. The lowest BCUT2D eigenvalue weighted by atomic mass is 10.0. The van der Waals surface area contributed by atoms with Crippen LogP contribution in [0.1, 0.15) is 22.3 Å². The Morgan fingerprint density at radius 3 is 2.78 bits per heavy atom. The third-order valence-electron chi connectivity index (χ3n) is 5.22. The lowest BCUT2D eigenvalue weighted by Crippen LogP contribution is -2.48. The minimum absolute atomic E-state index is 0.0790. The number of aryl methyl sites for hydroxylation is 1. The molecule has 0 saturated carbocycles. The molecule has 1 aliphatic rings. The maximum atomic E-state index is 13.3. The Morgan fingerprint density at radius 1 is 1.15 bits per heavy atom. The van der Waals surface area contributed by atoms with E-state index in [4.69, 9.17) is 0 Å². The van der Waals surface area contributed by atoms with Gasteiger partial charge in [-0.15, -0.1) is 0 Å². The molecule has 2 amide bonds. The number of hydrogen-bond acceptors (Lipinski definition) is 2. The number of rotatable bonds is 3. The molecule has 138 valence electrons. The van der Waals surface area contributed by atoms with E-state index in [9.17, 15) is 9.59 Å². The Balaban J connectivity index is 1.67. The van der Waals surface area contributed by atoms with E-state index in [1.807, 2.05) is 72.4 Å². The second-order valence-electron chi connectivity index (χ2n) is 7.05. The highest BCUT2D eigenvalue weighted by Gasteiger charge is 2.32. The smallest absolute Gasteiger partial charge is 0.254 e. The van der Waals surface area contributed by atoms with Crippen molar-refractivity contribution in [2.45, 2.75) is 18.9 Å². The van der Waals surface area contributed by atoms with Crippen molar-refractivity contribution >= 4 is 22.7 Å². The molecule has 2 heterocycles. The van der Waals surface area contributed by atoms with Crippen LogP contribution in [-0.2, 0) is 18.3 Å². The molecule has 0 radical (unpaired) electrons. The van der Waals surface area contributed by atoms with Crippen LogP contribution in [0.15, 0.2) is 60.8 Å². The van der Waals surface area contributed by atoms with Crippen molar-refractivity contribution in [3.05, 3.63) is 71.9 Å². The molecule has 5 nitrogen and oxygen atoms in total. The van der Waals surface area contributed by atoms with Gasteiger partial charge in [-0.1, -0.05) is 36.4 Å². The van der Waals surface area contributed by atoms with Gasteiger partial charge >= 0.3 is 0 Å². The molecule has 1 fully saturated rings. The summed E-state index contributed by atoms with van der Waals surface area (Å²) in [6.07, 6.45) is 3.26. The van der Waals surface area contributed by atoms with Gasteiger partial charge in [0.2, 0.25) is 5.91 Å². The summed E-state index contributed by atoms with van der Waals surface area (Å²) in [6, 6.07) is 17.1. The van der Waals surface area contributed by atoms with E-state index in [1.54, 1.807) is 4.90 Å². The van der Waals surface area contributed by atoms with Crippen LogP contribution in [0.2, 0.25) is 0 Å². The fourth-order valence-corrected chi connectivity index (χ4v) is 3.72. The Kier molecular flexibility index (Phi) is 4.67. The summed E-state index contributed by atoms with van der Waals surface area (Å²) in [4.78, 5) is 27.7. The van der Waals surface area contributed by atoms with Gasteiger partial charge in [-0.3, -0.25) is 9.59 Å². The lowest BCUT2D eigenvalue weighted by molar-refractivity contribution is -0.124. The summed E-state index contributed by atoms with van der Waals surface area (Å²) in [7, 11) is 1.97. The SMILES string of the molecule is Cn1ccc2ccc(C(=O)N3CCCNC(=O)C3Cc3ccccc3)cc21. The zero-order valence-electron chi connectivity index (χ0n) is 15.4. The Hall–Kier alpha value is -3.08. The zero-order valence-corrected chi connectivity index (χ0v) is 15.4. The van der Waals surface area contributed by atoms with Gasteiger partial charge in [0.1, 0.15) is 6.04 Å². The molecular weight excluding hydrogens is 338 g/mol. The normalized spacial score (nSPS) is 17.6. The third kappa shape index (κ3) is 3.45. The van der Waals surface area contributed by atoms with E-state index in [0.29, 0.717) is 25.1 Å². The van der Waals surface area contributed by atoms with Crippen LogP contribution in [-0.4, -0.2) is 40.4 Å². The third-order valence-corrected chi connectivity index (χ3v) is 5.22. The van der Waals surface area contributed by atoms with E-state index in [2.05, 4.69) is 5.32 Å². The van der Waals surface area contributed by atoms with Gasteiger partial charge in [-0.05, 0) is 35.6 Å². The van der Waals surface area contributed by atoms with Crippen molar-refractivity contribution in [3.63, 3.8) is 0 Å². The molecular formula is C22H23N3O2. The van der Waals surface area contributed by atoms with Crippen LogP contribution in [0, 0.1) is 0 Å². The predicted octanol–water partition coefficient (Wildman–Crippen LogP) is 2.75. The summed E-state index contributed by atoms with van der Waals surface area (Å²) in [5.41, 5.74) is 2.69. The molecule has 1 aromatic heterocycles. The molecule has 4 rings (SSSR count). The quantitative estimate of drug-likeness (QED) is 0.780. The van der Waals surface area contributed by atoms with Crippen molar-refractivity contribution in [2.24, 2.45) is 7.05 Å². The number of hydrogen-bond donors (Lipinski definition) is 1. The second kappa shape index (κ2) is 7.27. The largest absolute Gasteiger partial charge is 0.354 e. The monoisotopic (exact) mass is 361 g/mol. The standard InChI is InChI=1S/C22H23N3O2/c1-24-13-10-17-8-9-18(15-19(17)24)22(27)25-12-5-11-23-21(26)20(25)14-16-6-3-2-4-7-16/h2-4,6-10,13,15,20H,5,11-12,14H2,1H3,(H,23,26). The first kappa shape index (κ1) is 17.3. The lowest BCUT2D eigenvalue weighted by Gasteiger charge is -2.28. The summed E-state index contributed by atoms with van der Waals surface area (Å²) in [5, 5.41) is 4.05. The van der Waals surface area contributed by atoms with E-state index in [0.717, 1.165) is 22.9 Å². The van der Waals surface area contributed by atoms with Crippen LogP contribution >= 0.6 is 0 Å². The van der Waals surface area contributed by atoms with Crippen molar-refractivity contribution < 1.29 is 9.59 Å². The van der Waals surface area contributed by atoms with Gasteiger partial charge in [0, 0.05) is 43.8 Å². The number of fused-ring (bicyclic) bond motifs is 1. The summed E-state index contributed by atoms with van der Waals surface area (Å²) in [6.45, 7) is 1.17. The highest BCUT2D eigenvalue weighted by molar-refractivity contribution is 6.00. The zero-order chi connectivity index (χ0) is 18.8. The molecule has 0 bridgehead atoms. The molecule has 1 unspecified atom stereocenters. The van der Waals surface area contributed by atoms with Crippen LogP contribution in [0.4, 0.5) is 0 Å². The van der Waals surface area contributed by atoms with Crippen LogP contribution in [0.5, 0.6) is 0 Å². The highest BCUT2D eigenvalue weighted by Crippen LogP contribution is 2.20. The molecule has 5 heteroatoms. The minimum atomic E-state index is -0.494. The first-order valence-corrected chi connectivity index (χ1v) is 9.31. The van der Waals surface area contributed by atoms with Gasteiger partial charge in [0.05, 0.1) is 0 Å². The predicted molar refractivity (Wildman–Crippen MR) is 106 cm³/mol. The number of carbonyl (C=O) groups is 2. The Bertz CT molecular complexity index is 978. The summed E-state index contributed by atoms with van der Waals surface area (Å²) >= 11 is 0. The minimum Gasteiger partial charge on any atom is -0.354 e. The fourth-order valence-electron chi connectivity index (χ4n) is 3.72. The average Bonchev–Trinajstić information content (AvgIpc) is 2.97. The van der Waals surface area contributed by atoms with E-state index in [1.165, 1.54) is 0 Å². The van der Waals surface area contributed by atoms with Gasteiger partial charge < -0.3 is 14.8 Å². The molecule has 27 heavy (non-hydrogen) atoms. The van der Waals surface area contributed by atoms with Crippen LogP contribution in [0.3, 0.4) is 0 Å². The van der Waals surface area contributed by atoms with Crippen LogP contribution in [0.25, 0.3) is 10.9 Å². The number of benzene rings is 2. The maximum Gasteiger partial charge on any atom is 0.254 e. The number of nitrogens with one attached hydrogen (secondary N) is 1. The van der Waals surface area contributed by atoms with Gasteiger partial charge in [-0.2, -0.15) is 0 Å². The van der Waals surface area contributed by atoms with Gasteiger partial charge in [-0.25, -0.2) is 0 Å². The molecule has 2 aromatic carbocycles. The molecule has 0 aliphatic carbocycles. The van der Waals surface area contributed by atoms with Crippen molar-refractivity contribution in [1.29, 1.82) is 0 Å². The van der Waals surface area contributed by atoms with Gasteiger partial charge in [0.15, 0.2) is 0 Å². The van der Waals surface area contributed by atoms with Crippen molar-refractivity contribution in [1.82, 2.24) is 14.8 Å².